The van der Waals surface area contributed by atoms with Crippen molar-refractivity contribution >= 4 is 24.2 Å². The van der Waals surface area contributed by atoms with Crippen LogP contribution < -0.4 is 10.9 Å². The van der Waals surface area contributed by atoms with Gasteiger partial charge in [0.2, 0.25) is 5.91 Å². The molecule has 3 rings (SSSR count). The predicted octanol–water partition coefficient (Wildman–Crippen LogP) is 0.852. The van der Waals surface area contributed by atoms with E-state index in [4.69, 9.17) is 0 Å². The van der Waals surface area contributed by atoms with Crippen LogP contribution in [0.4, 0.5) is 13.2 Å². The molecule has 0 aromatic carbocycles. The quantitative estimate of drug-likeness (QED) is 0.760. The Bertz CT molecular complexity index is 768. The molecule has 1 aromatic rings. The molecule has 11 heteroatoms. The minimum Gasteiger partial charge on any atom is -0.336 e. The Morgan fingerprint density at radius 1 is 1.19 bits per heavy atom. The molecule has 1 unspecified atom stereocenters. The maximum Gasteiger partial charge on any atom is 0.431 e. The maximum absolute atomic E-state index is 12.6. The number of hydrogen-bond acceptors (Lipinski definition) is 4. The number of nitrogens with one attached hydrogen (secondary N) is 2. The monoisotopic (exact) mass is 408 g/mol. The highest BCUT2D eigenvalue weighted by atomic mass is 35.5. The first-order valence-electron chi connectivity index (χ1n) is 8.37. The van der Waals surface area contributed by atoms with Gasteiger partial charge in [-0.15, -0.1) is 12.4 Å². The van der Waals surface area contributed by atoms with E-state index in [1.165, 1.54) is 4.90 Å². The van der Waals surface area contributed by atoms with Crippen molar-refractivity contribution in [3.63, 3.8) is 0 Å². The molecule has 1 atom stereocenters. The molecule has 27 heavy (non-hydrogen) atoms. The number of nitrogens with zero attached hydrogens (tertiary/aromatic N) is 2. The SMILES string of the molecule is Cl.O=C(c1ccc(C(F)(F)F)[nH]c1=O)N1CCCC(N2CCNCC2=O)C1. The van der Waals surface area contributed by atoms with Crippen molar-refractivity contribution in [2.75, 3.05) is 32.7 Å². The zero-order valence-corrected chi connectivity index (χ0v) is 15.2. The predicted molar refractivity (Wildman–Crippen MR) is 92.8 cm³/mol. The number of aromatic nitrogens is 1. The summed E-state index contributed by atoms with van der Waals surface area (Å²) in [5.41, 5.74) is -2.59. The molecule has 2 N–H and O–H groups in total. The van der Waals surface area contributed by atoms with Gasteiger partial charge in [-0.1, -0.05) is 0 Å². The average Bonchev–Trinajstić information content (AvgIpc) is 2.61. The highest BCUT2D eigenvalue weighted by molar-refractivity contribution is 5.94. The van der Waals surface area contributed by atoms with Gasteiger partial charge in [0.25, 0.3) is 11.5 Å². The Balaban J connectivity index is 0.00000261. The van der Waals surface area contributed by atoms with Crippen LogP contribution in [0.15, 0.2) is 16.9 Å². The smallest absolute Gasteiger partial charge is 0.336 e. The van der Waals surface area contributed by atoms with E-state index in [0.717, 1.165) is 12.5 Å². The first-order valence-corrected chi connectivity index (χ1v) is 8.37. The van der Waals surface area contributed by atoms with Crippen molar-refractivity contribution in [2.24, 2.45) is 0 Å². The number of carbonyl (C=O) groups is 2. The Morgan fingerprint density at radius 2 is 1.93 bits per heavy atom. The minimum atomic E-state index is -4.68. The van der Waals surface area contributed by atoms with Crippen LogP contribution in [0.2, 0.25) is 0 Å². The van der Waals surface area contributed by atoms with Gasteiger partial charge in [-0.05, 0) is 25.0 Å². The number of piperazine rings is 1. The van der Waals surface area contributed by atoms with E-state index in [9.17, 15) is 27.6 Å². The number of alkyl halides is 3. The third-order valence-electron chi connectivity index (χ3n) is 4.70. The molecule has 2 aliphatic heterocycles. The molecule has 150 valence electrons. The van der Waals surface area contributed by atoms with Crippen LogP contribution in [0.5, 0.6) is 0 Å². The number of amides is 2. The molecular formula is C16H20ClF3N4O3. The number of likely N-dealkylation sites (tertiary alicyclic amines) is 1. The number of H-pyrrole nitrogens is 1. The van der Waals surface area contributed by atoms with Gasteiger partial charge < -0.3 is 20.1 Å². The van der Waals surface area contributed by atoms with Crippen LogP contribution in [-0.4, -0.2) is 65.4 Å². The van der Waals surface area contributed by atoms with E-state index >= 15 is 0 Å². The lowest BCUT2D eigenvalue weighted by Gasteiger charge is -2.41. The Kier molecular flexibility index (Phi) is 6.53. The summed E-state index contributed by atoms with van der Waals surface area (Å²) < 4.78 is 37.9. The molecule has 1 aromatic heterocycles. The molecule has 0 saturated carbocycles. The van der Waals surface area contributed by atoms with Crippen molar-refractivity contribution in [3.05, 3.63) is 33.7 Å². The average molecular weight is 409 g/mol. The molecule has 0 spiro atoms. The van der Waals surface area contributed by atoms with Gasteiger partial charge >= 0.3 is 6.18 Å². The first-order chi connectivity index (χ1) is 12.3. The first kappa shape index (κ1) is 21.2. The lowest BCUT2D eigenvalue weighted by atomic mass is 10.0. The second-order valence-corrected chi connectivity index (χ2v) is 6.42. The molecule has 2 saturated heterocycles. The standard InChI is InChI=1S/C16H19F3N4O3.ClH/c17-16(18,19)12-4-3-11(14(25)21-12)15(26)22-6-1-2-10(9-22)23-7-5-20-8-13(23)24;/h3-4,10,20H,1-2,5-9H2,(H,21,25);1H. The van der Waals surface area contributed by atoms with Crippen LogP contribution in [0.25, 0.3) is 0 Å². The van der Waals surface area contributed by atoms with E-state index in [1.807, 2.05) is 0 Å². The lowest BCUT2D eigenvalue weighted by Crippen LogP contribution is -2.57. The molecule has 0 radical (unpaired) electrons. The third-order valence-corrected chi connectivity index (χ3v) is 4.70. The highest BCUT2D eigenvalue weighted by Crippen LogP contribution is 2.26. The van der Waals surface area contributed by atoms with Gasteiger partial charge in [0.15, 0.2) is 0 Å². The van der Waals surface area contributed by atoms with Crippen molar-refractivity contribution in [3.8, 4) is 0 Å². The van der Waals surface area contributed by atoms with Crippen molar-refractivity contribution < 1.29 is 22.8 Å². The van der Waals surface area contributed by atoms with Crippen LogP contribution in [0.3, 0.4) is 0 Å². The normalized spacial score (nSPS) is 21.0. The summed E-state index contributed by atoms with van der Waals surface area (Å²) >= 11 is 0. The number of hydrogen-bond donors (Lipinski definition) is 2. The highest BCUT2D eigenvalue weighted by Gasteiger charge is 2.34. The molecule has 0 aliphatic carbocycles. The number of rotatable bonds is 2. The van der Waals surface area contributed by atoms with Gasteiger partial charge in [0, 0.05) is 32.2 Å². The maximum atomic E-state index is 12.6. The van der Waals surface area contributed by atoms with Crippen molar-refractivity contribution in [1.29, 1.82) is 0 Å². The topological polar surface area (TPSA) is 85.5 Å². The summed E-state index contributed by atoms with van der Waals surface area (Å²) in [5.74, 6) is -0.657. The van der Waals surface area contributed by atoms with Gasteiger partial charge in [-0.25, -0.2) is 0 Å². The number of aromatic amines is 1. The minimum absolute atomic E-state index is 0. The van der Waals surface area contributed by atoms with Crippen molar-refractivity contribution in [2.45, 2.75) is 25.1 Å². The number of pyridine rings is 1. The summed E-state index contributed by atoms with van der Waals surface area (Å²) in [6.45, 7) is 2.14. The van der Waals surface area contributed by atoms with E-state index in [2.05, 4.69) is 5.32 Å². The third kappa shape index (κ3) is 4.62. The van der Waals surface area contributed by atoms with E-state index in [-0.39, 0.29) is 43.0 Å². The Morgan fingerprint density at radius 3 is 2.56 bits per heavy atom. The summed E-state index contributed by atoms with van der Waals surface area (Å²) in [5, 5.41) is 2.98. The fraction of sp³-hybridized carbons (Fsp3) is 0.562. The van der Waals surface area contributed by atoms with E-state index in [1.54, 1.807) is 9.88 Å². The van der Waals surface area contributed by atoms with Crippen molar-refractivity contribution in [1.82, 2.24) is 20.1 Å². The van der Waals surface area contributed by atoms with Crippen LogP contribution in [-0.2, 0) is 11.0 Å². The molecule has 2 amide bonds. The Hall–Kier alpha value is -2.07. The van der Waals surface area contributed by atoms with Crippen LogP contribution in [0, 0.1) is 0 Å². The van der Waals surface area contributed by atoms with Crippen LogP contribution in [0.1, 0.15) is 28.9 Å². The fourth-order valence-corrected chi connectivity index (χ4v) is 3.38. The molecule has 2 aliphatic rings. The van der Waals surface area contributed by atoms with Crippen LogP contribution >= 0.6 is 12.4 Å². The number of halogens is 4. The van der Waals surface area contributed by atoms with Gasteiger partial charge in [-0.2, -0.15) is 13.2 Å². The molecule has 3 heterocycles. The zero-order chi connectivity index (χ0) is 18.9. The van der Waals surface area contributed by atoms with E-state index < -0.39 is 23.3 Å². The summed E-state index contributed by atoms with van der Waals surface area (Å²) in [4.78, 5) is 41.4. The molecular weight excluding hydrogens is 389 g/mol. The summed E-state index contributed by atoms with van der Waals surface area (Å²) in [6.07, 6.45) is -3.27. The molecule has 2 fully saturated rings. The second kappa shape index (κ2) is 8.30. The number of carbonyl (C=O) groups excluding carboxylic acids is 2. The van der Waals surface area contributed by atoms with Gasteiger partial charge in [0.05, 0.1) is 6.54 Å². The molecule has 0 bridgehead atoms. The Labute approximate surface area is 159 Å². The zero-order valence-electron chi connectivity index (χ0n) is 14.3. The second-order valence-electron chi connectivity index (χ2n) is 6.42. The molecule has 7 nitrogen and oxygen atoms in total. The number of piperidine rings is 1. The summed E-state index contributed by atoms with van der Waals surface area (Å²) in [6, 6.07) is 1.45. The van der Waals surface area contributed by atoms with Gasteiger partial charge in [-0.3, -0.25) is 14.4 Å². The largest absolute Gasteiger partial charge is 0.431 e. The summed E-state index contributed by atoms with van der Waals surface area (Å²) in [7, 11) is 0. The lowest BCUT2D eigenvalue weighted by molar-refractivity contribution is -0.141. The fourth-order valence-electron chi connectivity index (χ4n) is 3.38. The van der Waals surface area contributed by atoms with E-state index in [0.29, 0.717) is 32.1 Å². The van der Waals surface area contributed by atoms with Gasteiger partial charge in [0.1, 0.15) is 11.3 Å².